The molecule has 2 heteroatoms. The average Bonchev–Trinajstić information content (AvgIpc) is 2.15. The molecule has 0 N–H and O–H groups in total. The summed E-state index contributed by atoms with van der Waals surface area (Å²) in [6.07, 6.45) is 1.32. The normalized spacial score (nSPS) is 11.6. The second kappa shape index (κ2) is 5.72. The van der Waals surface area contributed by atoms with Crippen molar-refractivity contribution in [1.29, 1.82) is 0 Å². The minimum atomic E-state index is -0.879. The van der Waals surface area contributed by atoms with Crippen molar-refractivity contribution in [3.63, 3.8) is 0 Å². The first kappa shape index (κ1) is 14.3. The van der Waals surface area contributed by atoms with Crippen molar-refractivity contribution in [2.24, 2.45) is 0 Å². The summed E-state index contributed by atoms with van der Waals surface area (Å²) < 4.78 is 0. The average molecular weight is 249 g/mol. The predicted octanol–water partition coefficient (Wildman–Crippen LogP) is 4.47. The van der Waals surface area contributed by atoms with Gasteiger partial charge in [-0.05, 0) is 31.4 Å². The predicted molar refractivity (Wildman–Crippen MR) is 82.0 cm³/mol. The van der Waals surface area contributed by atoms with Gasteiger partial charge in [-0.15, -0.1) is 0 Å². The van der Waals surface area contributed by atoms with E-state index >= 15 is 0 Å². The van der Waals surface area contributed by atoms with Crippen LogP contribution in [0.15, 0.2) is 18.2 Å². The van der Waals surface area contributed by atoms with Gasteiger partial charge < -0.3 is 4.90 Å². The van der Waals surface area contributed by atoms with Crippen LogP contribution in [0, 0.1) is 13.8 Å². The molecule has 0 aliphatic heterocycles. The Labute approximate surface area is 108 Å². The molecule has 0 amide bonds. The summed E-state index contributed by atoms with van der Waals surface area (Å²) in [5, 5.41) is 0. The highest BCUT2D eigenvalue weighted by Crippen LogP contribution is 2.24. The van der Waals surface area contributed by atoms with Gasteiger partial charge in [-0.1, -0.05) is 43.9 Å². The highest BCUT2D eigenvalue weighted by atomic mass is 28.3. The number of para-hydroxylation sites is 1. The largest absolute Gasteiger partial charge is 0.374 e. The van der Waals surface area contributed by atoms with Gasteiger partial charge in [0.25, 0.3) is 0 Å². The van der Waals surface area contributed by atoms with E-state index in [4.69, 9.17) is 0 Å². The summed E-state index contributed by atoms with van der Waals surface area (Å²) in [7, 11) is 1.34. The van der Waals surface area contributed by atoms with Crippen molar-refractivity contribution in [3.8, 4) is 0 Å². The van der Waals surface area contributed by atoms with Crippen LogP contribution in [0.1, 0.15) is 17.5 Å². The lowest BCUT2D eigenvalue weighted by atomic mass is 10.1. The van der Waals surface area contributed by atoms with E-state index in [-0.39, 0.29) is 0 Å². The van der Waals surface area contributed by atoms with Crippen LogP contribution in [-0.4, -0.2) is 21.7 Å². The van der Waals surface area contributed by atoms with Crippen molar-refractivity contribution in [1.82, 2.24) is 0 Å². The van der Waals surface area contributed by atoms with Gasteiger partial charge in [-0.3, -0.25) is 0 Å². The van der Waals surface area contributed by atoms with Crippen LogP contribution >= 0.6 is 0 Å². The van der Waals surface area contributed by atoms with Crippen LogP contribution in [0.2, 0.25) is 25.7 Å². The van der Waals surface area contributed by atoms with Crippen LogP contribution < -0.4 is 4.90 Å². The summed E-state index contributed by atoms with van der Waals surface area (Å²) in [4.78, 5) is 2.42. The Bertz CT molecular complexity index is 345. The van der Waals surface area contributed by atoms with Crippen LogP contribution in [0.5, 0.6) is 0 Å². The van der Waals surface area contributed by atoms with Crippen LogP contribution in [0.3, 0.4) is 0 Å². The first-order valence-electron chi connectivity index (χ1n) is 6.58. The minimum Gasteiger partial charge on any atom is -0.374 e. The molecule has 0 saturated carbocycles. The second-order valence-electron chi connectivity index (χ2n) is 6.33. The number of nitrogens with zero attached hydrogens (tertiary/aromatic N) is 1. The zero-order valence-electron chi connectivity index (χ0n) is 12.3. The van der Waals surface area contributed by atoms with E-state index < -0.39 is 8.07 Å². The van der Waals surface area contributed by atoms with E-state index in [1.165, 1.54) is 35.8 Å². The van der Waals surface area contributed by atoms with Crippen molar-refractivity contribution >= 4 is 13.8 Å². The summed E-state index contributed by atoms with van der Waals surface area (Å²) in [5.74, 6) is 0. The molecule has 1 aromatic carbocycles. The van der Waals surface area contributed by atoms with Gasteiger partial charge in [-0.2, -0.15) is 0 Å². The van der Waals surface area contributed by atoms with Crippen molar-refractivity contribution in [2.45, 2.75) is 46.0 Å². The number of anilines is 1. The first-order chi connectivity index (χ1) is 7.81. The maximum absolute atomic E-state index is 2.45. The van der Waals surface area contributed by atoms with Crippen LogP contribution in [0.25, 0.3) is 0 Å². The molecule has 0 saturated heterocycles. The molecule has 0 radical (unpaired) electrons. The first-order valence-corrected chi connectivity index (χ1v) is 10.3. The maximum atomic E-state index is 2.45. The Morgan fingerprint density at radius 1 is 1.06 bits per heavy atom. The summed E-state index contributed by atoms with van der Waals surface area (Å²) in [5.41, 5.74) is 4.20. The zero-order valence-corrected chi connectivity index (χ0v) is 13.3. The SMILES string of the molecule is Cc1cccc(C)c1N(C)CCC[Si](C)(C)C. The fraction of sp³-hybridized carbons (Fsp3) is 0.600. The molecule has 0 unspecified atom stereocenters. The third-order valence-corrected chi connectivity index (χ3v) is 5.10. The number of aryl methyl sites for hydroxylation is 2. The van der Waals surface area contributed by atoms with Gasteiger partial charge in [0.15, 0.2) is 0 Å². The monoisotopic (exact) mass is 249 g/mol. The van der Waals surface area contributed by atoms with E-state index in [1.54, 1.807) is 0 Å². The van der Waals surface area contributed by atoms with Gasteiger partial charge >= 0.3 is 0 Å². The number of hydrogen-bond donors (Lipinski definition) is 0. The molecule has 0 aromatic heterocycles. The molecule has 0 heterocycles. The van der Waals surface area contributed by atoms with E-state index in [0.717, 1.165) is 0 Å². The van der Waals surface area contributed by atoms with Gasteiger partial charge in [0.2, 0.25) is 0 Å². The quantitative estimate of drug-likeness (QED) is 0.696. The molecule has 96 valence electrons. The molecule has 1 nitrogen and oxygen atoms in total. The highest BCUT2D eigenvalue weighted by Gasteiger charge is 2.13. The molecular weight excluding hydrogens is 222 g/mol. The molecule has 1 aromatic rings. The summed E-state index contributed by atoms with van der Waals surface area (Å²) in [6.45, 7) is 12.9. The standard InChI is InChI=1S/C15H27NSi/c1-13-9-7-10-14(2)15(13)16(3)11-8-12-17(4,5)6/h7,9-10H,8,11-12H2,1-6H3. The summed E-state index contributed by atoms with van der Waals surface area (Å²) >= 11 is 0. The number of rotatable bonds is 5. The van der Waals surface area contributed by atoms with Gasteiger partial charge in [0, 0.05) is 27.4 Å². The van der Waals surface area contributed by atoms with Gasteiger partial charge in [-0.25, -0.2) is 0 Å². The van der Waals surface area contributed by atoms with Crippen molar-refractivity contribution in [2.75, 3.05) is 18.5 Å². The molecule has 0 aliphatic carbocycles. The zero-order chi connectivity index (χ0) is 13.1. The van der Waals surface area contributed by atoms with E-state index in [1.807, 2.05) is 0 Å². The maximum Gasteiger partial charge on any atom is 0.0443 e. The van der Waals surface area contributed by atoms with E-state index in [9.17, 15) is 0 Å². The lowest BCUT2D eigenvalue weighted by Gasteiger charge is -2.25. The molecule has 0 fully saturated rings. The van der Waals surface area contributed by atoms with Gasteiger partial charge in [0.1, 0.15) is 0 Å². The molecule has 0 aliphatic rings. The van der Waals surface area contributed by atoms with Gasteiger partial charge in [0.05, 0.1) is 0 Å². The smallest absolute Gasteiger partial charge is 0.0443 e. The van der Waals surface area contributed by atoms with Crippen molar-refractivity contribution in [3.05, 3.63) is 29.3 Å². The third-order valence-electron chi connectivity index (χ3n) is 3.24. The Hall–Kier alpha value is -0.763. The molecule has 17 heavy (non-hydrogen) atoms. The van der Waals surface area contributed by atoms with Crippen LogP contribution in [0.4, 0.5) is 5.69 Å². The Morgan fingerprint density at radius 2 is 1.59 bits per heavy atom. The van der Waals surface area contributed by atoms with Crippen LogP contribution in [-0.2, 0) is 0 Å². The van der Waals surface area contributed by atoms with E-state index in [0.29, 0.717) is 0 Å². The lowest BCUT2D eigenvalue weighted by Crippen LogP contribution is -2.25. The Morgan fingerprint density at radius 3 is 2.06 bits per heavy atom. The molecular formula is C15H27NSi. The molecule has 0 bridgehead atoms. The third kappa shape index (κ3) is 4.54. The Kier molecular flexibility index (Phi) is 4.81. The topological polar surface area (TPSA) is 3.24 Å². The summed E-state index contributed by atoms with van der Waals surface area (Å²) in [6, 6.07) is 7.97. The number of hydrogen-bond acceptors (Lipinski definition) is 1. The number of benzene rings is 1. The molecule has 0 atom stereocenters. The highest BCUT2D eigenvalue weighted by molar-refractivity contribution is 6.76. The molecule has 1 rings (SSSR count). The van der Waals surface area contributed by atoms with Crippen molar-refractivity contribution < 1.29 is 0 Å². The fourth-order valence-corrected chi connectivity index (χ4v) is 3.58. The minimum absolute atomic E-state index is 0.879. The fourth-order valence-electron chi connectivity index (χ4n) is 2.37. The second-order valence-corrected chi connectivity index (χ2v) is 11.9. The Balaban J connectivity index is 2.61. The lowest BCUT2D eigenvalue weighted by molar-refractivity contribution is 0.835. The molecule has 0 spiro atoms. The van der Waals surface area contributed by atoms with E-state index in [2.05, 4.69) is 63.6 Å².